The molecule has 0 aromatic rings. The quantitative estimate of drug-likeness (QED) is 0.667. The average molecular weight is 242 g/mol. The highest BCUT2D eigenvalue weighted by Gasteiger charge is 2.37. The van der Waals surface area contributed by atoms with Crippen LogP contribution in [0.2, 0.25) is 0 Å². The van der Waals surface area contributed by atoms with Crippen molar-refractivity contribution in [2.75, 3.05) is 19.8 Å². The number of amides is 2. The van der Waals surface area contributed by atoms with Crippen LogP contribution < -0.4 is 10.6 Å². The highest BCUT2D eigenvalue weighted by Crippen LogP contribution is 2.34. The van der Waals surface area contributed by atoms with E-state index in [1.807, 2.05) is 0 Å². The first-order valence-corrected chi connectivity index (χ1v) is 6.53. The average Bonchev–Trinajstić information content (AvgIpc) is 2.76. The maximum atomic E-state index is 11.7. The first kappa shape index (κ1) is 12.6. The van der Waals surface area contributed by atoms with Gasteiger partial charge in [-0.05, 0) is 38.5 Å². The molecule has 0 unspecified atom stereocenters. The van der Waals surface area contributed by atoms with Crippen molar-refractivity contribution in [3.63, 3.8) is 0 Å². The molecule has 3 N–H and O–H groups in total. The van der Waals surface area contributed by atoms with Crippen molar-refractivity contribution in [1.82, 2.24) is 10.6 Å². The van der Waals surface area contributed by atoms with Gasteiger partial charge in [-0.25, -0.2) is 4.79 Å². The Kier molecular flexibility index (Phi) is 4.23. The molecule has 1 heterocycles. The number of carbonyl (C=O) groups excluding carboxylic acids is 1. The van der Waals surface area contributed by atoms with Crippen LogP contribution in [0.25, 0.3) is 0 Å². The summed E-state index contributed by atoms with van der Waals surface area (Å²) in [4.78, 5) is 11.7. The SMILES string of the molecule is O=C(NC[C@@H]1CCCO1)NC1(CCO)CCC1. The van der Waals surface area contributed by atoms with Gasteiger partial charge in [0.15, 0.2) is 0 Å². The van der Waals surface area contributed by atoms with Gasteiger partial charge in [-0.2, -0.15) is 0 Å². The third-order valence-corrected chi connectivity index (χ3v) is 3.79. The van der Waals surface area contributed by atoms with Crippen LogP contribution in [0.3, 0.4) is 0 Å². The van der Waals surface area contributed by atoms with Crippen molar-refractivity contribution < 1.29 is 14.6 Å². The van der Waals surface area contributed by atoms with Crippen LogP contribution in [-0.4, -0.2) is 42.5 Å². The molecule has 1 saturated carbocycles. The first-order chi connectivity index (χ1) is 8.24. The van der Waals surface area contributed by atoms with Crippen LogP contribution >= 0.6 is 0 Å². The molecule has 2 amide bonds. The molecule has 0 radical (unpaired) electrons. The Hall–Kier alpha value is -0.810. The number of rotatable bonds is 5. The predicted octanol–water partition coefficient (Wildman–Crippen LogP) is 0.770. The molecule has 1 aliphatic carbocycles. The van der Waals surface area contributed by atoms with E-state index in [0.29, 0.717) is 13.0 Å². The molecular formula is C12H22N2O3. The summed E-state index contributed by atoms with van der Waals surface area (Å²) in [6, 6.07) is -0.131. The van der Waals surface area contributed by atoms with Gasteiger partial charge in [-0.3, -0.25) is 0 Å². The number of aliphatic hydroxyl groups is 1. The fourth-order valence-electron chi connectivity index (χ4n) is 2.55. The number of nitrogens with one attached hydrogen (secondary N) is 2. The highest BCUT2D eigenvalue weighted by atomic mass is 16.5. The number of hydrogen-bond donors (Lipinski definition) is 3. The van der Waals surface area contributed by atoms with Crippen molar-refractivity contribution in [3.8, 4) is 0 Å². The topological polar surface area (TPSA) is 70.6 Å². The van der Waals surface area contributed by atoms with Gasteiger partial charge in [0.05, 0.1) is 6.10 Å². The predicted molar refractivity (Wildman–Crippen MR) is 63.8 cm³/mol. The third-order valence-electron chi connectivity index (χ3n) is 3.79. The minimum atomic E-state index is -0.157. The van der Waals surface area contributed by atoms with Crippen molar-refractivity contribution in [3.05, 3.63) is 0 Å². The molecule has 1 atom stereocenters. The highest BCUT2D eigenvalue weighted by molar-refractivity contribution is 5.75. The van der Waals surface area contributed by atoms with E-state index in [1.165, 1.54) is 0 Å². The Morgan fingerprint density at radius 3 is 2.76 bits per heavy atom. The molecule has 2 aliphatic rings. The lowest BCUT2D eigenvalue weighted by Crippen LogP contribution is -2.57. The fraction of sp³-hybridized carbons (Fsp3) is 0.917. The van der Waals surface area contributed by atoms with Crippen molar-refractivity contribution in [2.45, 2.75) is 50.2 Å². The number of ether oxygens (including phenoxy) is 1. The van der Waals surface area contributed by atoms with Crippen LogP contribution in [0, 0.1) is 0 Å². The van der Waals surface area contributed by atoms with Gasteiger partial charge in [0, 0.05) is 25.3 Å². The monoisotopic (exact) mass is 242 g/mol. The molecule has 0 bridgehead atoms. The van der Waals surface area contributed by atoms with Crippen LogP contribution in [0.1, 0.15) is 38.5 Å². The van der Waals surface area contributed by atoms with Crippen LogP contribution in [-0.2, 0) is 4.74 Å². The summed E-state index contributed by atoms with van der Waals surface area (Å²) in [5, 5.41) is 14.8. The summed E-state index contributed by atoms with van der Waals surface area (Å²) < 4.78 is 5.44. The van der Waals surface area contributed by atoms with Gasteiger partial charge in [-0.15, -0.1) is 0 Å². The summed E-state index contributed by atoms with van der Waals surface area (Å²) >= 11 is 0. The Bertz CT molecular complexity index is 260. The van der Waals surface area contributed by atoms with E-state index in [1.54, 1.807) is 0 Å². The summed E-state index contributed by atoms with van der Waals surface area (Å²) in [6.45, 7) is 1.52. The zero-order chi connectivity index (χ0) is 12.1. The van der Waals surface area contributed by atoms with Crippen molar-refractivity contribution >= 4 is 6.03 Å². The van der Waals surface area contributed by atoms with Crippen LogP contribution in [0.15, 0.2) is 0 Å². The zero-order valence-corrected chi connectivity index (χ0v) is 10.2. The van der Waals surface area contributed by atoms with Gasteiger partial charge >= 0.3 is 6.03 Å². The summed E-state index contributed by atoms with van der Waals surface area (Å²) in [6.07, 6.45) is 6.02. The summed E-state index contributed by atoms with van der Waals surface area (Å²) in [7, 11) is 0. The molecular weight excluding hydrogens is 220 g/mol. The normalized spacial score (nSPS) is 26.3. The number of aliphatic hydroxyl groups excluding tert-OH is 1. The van der Waals surface area contributed by atoms with E-state index >= 15 is 0 Å². The van der Waals surface area contributed by atoms with Crippen LogP contribution in [0.4, 0.5) is 4.79 Å². The molecule has 0 aromatic heterocycles. The smallest absolute Gasteiger partial charge is 0.315 e. The minimum Gasteiger partial charge on any atom is -0.396 e. The summed E-state index contributed by atoms with van der Waals surface area (Å²) in [5.74, 6) is 0. The molecule has 0 spiro atoms. The van der Waals surface area contributed by atoms with Gasteiger partial charge in [0.2, 0.25) is 0 Å². The Labute approximate surface area is 102 Å². The van der Waals surface area contributed by atoms with Crippen molar-refractivity contribution in [1.29, 1.82) is 0 Å². The third kappa shape index (κ3) is 3.33. The van der Waals surface area contributed by atoms with Gasteiger partial charge in [0.1, 0.15) is 0 Å². The second kappa shape index (κ2) is 5.69. The molecule has 1 aliphatic heterocycles. The van der Waals surface area contributed by atoms with E-state index < -0.39 is 0 Å². The standard InChI is InChI=1S/C12H22N2O3/c15-7-6-12(4-2-5-12)14-11(16)13-9-10-3-1-8-17-10/h10,15H,1-9H2,(H2,13,14,16)/t10-/m0/s1. The molecule has 5 nitrogen and oxygen atoms in total. The lowest BCUT2D eigenvalue weighted by atomic mass is 9.74. The lowest BCUT2D eigenvalue weighted by Gasteiger charge is -2.42. The lowest BCUT2D eigenvalue weighted by molar-refractivity contribution is 0.107. The molecule has 98 valence electrons. The maximum absolute atomic E-state index is 11.7. The van der Waals surface area contributed by atoms with E-state index in [-0.39, 0.29) is 24.3 Å². The van der Waals surface area contributed by atoms with E-state index in [2.05, 4.69) is 10.6 Å². The second-order valence-corrected chi connectivity index (χ2v) is 5.08. The molecule has 2 fully saturated rings. The Balaban J connectivity index is 1.68. The minimum absolute atomic E-state index is 0.131. The number of hydrogen-bond acceptors (Lipinski definition) is 3. The van der Waals surface area contributed by atoms with E-state index in [9.17, 15) is 4.79 Å². The fourth-order valence-corrected chi connectivity index (χ4v) is 2.55. The van der Waals surface area contributed by atoms with Gasteiger partial charge in [-0.1, -0.05) is 0 Å². The largest absolute Gasteiger partial charge is 0.396 e. The van der Waals surface area contributed by atoms with Crippen molar-refractivity contribution in [2.24, 2.45) is 0 Å². The summed E-state index contributed by atoms with van der Waals surface area (Å²) in [5.41, 5.74) is -0.157. The van der Waals surface area contributed by atoms with Crippen LogP contribution in [0.5, 0.6) is 0 Å². The molecule has 1 saturated heterocycles. The second-order valence-electron chi connectivity index (χ2n) is 5.08. The van der Waals surface area contributed by atoms with E-state index in [4.69, 9.17) is 9.84 Å². The molecule has 5 heteroatoms. The Morgan fingerprint density at radius 1 is 1.41 bits per heavy atom. The van der Waals surface area contributed by atoms with E-state index in [0.717, 1.165) is 38.7 Å². The molecule has 17 heavy (non-hydrogen) atoms. The maximum Gasteiger partial charge on any atom is 0.315 e. The van der Waals surface area contributed by atoms with Gasteiger partial charge < -0.3 is 20.5 Å². The molecule has 0 aromatic carbocycles. The zero-order valence-electron chi connectivity index (χ0n) is 10.2. The molecule has 2 rings (SSSR count). The first-order valence-electron chi connectivity index (χ1n) is 6.53. The Morgan fingerprint density at radius 2 is 2.24 bits per heavy atom. The number of urea groups is 1. The number of carbonyl (C=O) groups is 1. The van der Waals surface area contributed by atoms with Gasteiger partial charge in [0.25, 0.3) is 0 Å².